The average molecular weight is 280 g/mol. The van der Waals surface area contributed by atoms with Crippen molar-refractivity contribution in [1.82, 2.24) is 9.80 Å². The highest BCUT2D eigenvalue weighted by atomic mass is 16.4. The molecule has 0 atom stereocenters. The number of likely N-dealkylation sites (N-methyl/N-ethyl adjacent to an activating group) is 1. The van der Waals surface area contributed by atoms with E-state index in [0.29, 0.717) is 0 Å². The molecule has 1 heterocycles. The van der Waals surface area contributed by atoms with Crippen molar-refractivity contribution in [1.29, 1.82) is 0 Å². The molecule has 1 aliphatic rings. The first kappa shape index (κ1) is 14.1. The van der Waals surface area contributed by atoms with Crippen molar-refractivity contribution >= 4 is 17.8 Å². The van der Waals surface area contributed by atoms with Gasteiger partial charge >= 0.3 is 5.97 Å². The zero-order valence-corrected chi connectivity index (χ0v) is 11.1. The average Bonchev–Trinajstić information content (AvgIpc) is 3.08. The molecule has 1 fully saturated rings. The van der Waals surface area contributed by atoms with E-state index >= 15 is 0 Å². The fourth-order valence-corrected chi connectivity index (χ4v) is 1.91. The van der Waals surface area contributed by atoms with E-state index in [1.807, 2.05) is 0 Å². The van der Waals surface area contributed by atoms with Gasteiger partial charge in [0.2, 0.25) is 5.91 Å². The molecule has 108 valence electrons. The van der Waals surface area contributed by atoms with Crippen LogP contribution in [0.3, 0.4) is 0 Å². The Balaban J connectivity index is 1.95. The van der Waals surface area contributed by atoms with Gasteiger partial charge in [-0.3, -0.25) is 14.4 Å². The Hall–Kier alpha value is -2.31. The number of carboxylic acids is 1. The molecular weight excluding hydrogens is 264 g/mol. The number of rotatable bonds is 6. The number of carbonyl (C=O) groups is 3. The van der Waals surface area contributed by atoms with E-state index in [4.69, 9.17) is 9.52 Å². The maximum atomic E-state index is 12.1. The van der Waals surface area contributed by atoms with Crippen LogP contribution in [0.4, 0.5) is 0 Å². The van der Waals surface area contributed by atoms with Crippen LogP contribution in [0.1, 0.15) is 23.4 Å². The number of nitrogens with zero attached hydrogens (tertiary/aromatic N) is 2. The second kappa shape index (κ2) is 5.77. The molecule has 20 heavy (non-hydrogen) atoms. The van der Waals surface area contributed by atoms with Crippen LogP contribution >= 0.6 is 0 Å². The van der Waals surface area contributed by atoms with Crippen molar-refractivity contribution in [2.24, 2.45) is 0 Å². The van der Waals surface area contributed by atoms with Gasteiger partial charge in [-0.1, -0.05) is 0 Å². The summed E-state index contributed by atoms with van der Waals surface area (Å²) in [6.07, 6.45) is 3.01. The number of hydrogen-bond donors (Lipinski definition) is 1. The molecule has 7 heteroatoms. The van der Waals surface area contributed by atoms with E-state index in [1.54, 1.807) is 6.07 Å². The summed E-state index contributed by atoms with van der Waals surface area (Å²) < 4.78 is 4.97. The normalized spacial score (nSPS) is 13.8. The van der Waals surface area contributed by atoms with Gasteiger partial charge in [0.15, 0.2) is 5.76 Å². The SMILES string of the molecule is CN(CC(=O)N(CC(=O)O)C1CC1)C(=O)c1ccco1. The predicted molar refractivity (Wildman–Crippen MR) is 68.0 cm³/mol. The largest absolute Gasteiger partial charge is 0.480 e. The first-order valence-electron chi connectivity index (χ1n) is 6.29. The first-order chi connectivity index (χ1) is 9.49. The first-order valence-corrected chi connectivity index (χ1v) is 6.29. The Morgan fingerprint density at radius 3 is 2.55 bits per heavy atom. The third-order valence-corrected chi connectivity index (χ3v) is 3.06. The molecule has 2 rings (SSSR count). The Kier molecular flexibility index (Phi) is 4.07. The van der Waals surface area contributed by atoms with Crippen LogP contribution in [0.25, 0.3) is 0 Å². The molecule has 1 aromatic heterocycles. The van der Waals surface area contributed by atoms with Crippen LogP contribution in [-0.2, 0) is 9.59 Å². The van der Waals surface area contributed by atoms with Gasteiger partial charge in [0.25, 0.3) is 5.91 Å². The number of hydrogen-bond acceptors (Lipinski definition) is 4. The monoisotopic (exact) mass is 280 g/mol. The maximum absolute atomic E-state index is 12.1. The molecule has 0 bridgehead atoms. The zero-order chi connectivity index (χ0) is 14.7. The standard InChI is InChI=1S/C13H16N2O5/c1-14(13(19)10-3-2-6-20-10)7-11(16)15(8-12(17)18)9-4-5-9/h2-3,6,9H,4-5,7-8H2,1H3,(H,17,18). The van der Waals surface area contributed by atoms with Crippen molar-refractivity contribution < 1.29 is 23.9 Å². The smallest absolute Gasteiger partial charge is 0.323 e. The van der Waals surface area contributed by atoms with Gasteiger partial charge < -0.3 is 19.3 Å². The lowest BCUT2D eigenvalue weighted by Crippen LogP contribution is -2.44. The summed E-state index contributed by atoms with van der Waals surface area (Å²) in [5.74, 6) is -1.67. The molecule has 0 radical (unpaired) electrons. The van der Waals surface area contributed by atoms with E-state index < -0.39 is 11.9 Å². The van der Waals surface area contributed by atoms with Crippen LogP contribution in [0, 0.1) is 0 Å². The molecule has 0 spiro atoms. The molecule has 1 N–H and O–H groups in total. The second-order valence-corrected chi connectivity index (χ2v) is 4.79. The topological polar surface area (TPSA) is 91.1 Å². The van der Waals surface area contributed by atoms with Gasteiger partial charge in [0, 0.05) is 13.1 Å². The minimum absolute atomic E-state index is 0.00860. The van der Waals surface area contributed by atoms with Gasteiger partial charge in [-0.05, 0) is 25.0 Å². The van der Waals surface area contributed by atoms with Crippen molar-refractivity contribution in [3.8, 4) is 0 Å². The van der Waals surface area contributed by atoms with Gasteiger partial charge in [-0.15, -0.1) is 0 Å². The summed E-state index contributed by atoms with van der Waals surface area (Å²) in [7, 11) is 1.48. The third kappa shape index (κ3) is 3.37. The van der Waals surface area contributed by atoms with Crippen LogP contribution in [0.2, 0.25) is 0 Å². The lowest BCUT2D eigenvalue weighted by atomic mass is 10.3. The molecule has 1 aliphatic carbocycles. The van der Waals surface area contributed by atoms with E-state index in [1.165, 1.54) is 29.2 Å². The Bertz CT molecular complexity index is 507. The Morgan fingerprint density at radius 1 is 1.35 bits per heavy atom. The highest BCUT2D eigenvalue weighted by molar-refractivity contribution is 5.94. The fourth-order valence-electron chi connectivity index (χ4n) is 1.91. The molecule has 0 saturated heterocycles. The van der Waals surface area contributed by atoms with Crippen LogP contribution in [-0.4, -0.2) is 58.9 Å². The minimum atomic E-state index is -1.05. The summed E-state index contributed by atoms with van der Waals surface area (Å²) in [6.45, 7) is -0.490. The highest BCUT2D eigenvalue weighted by Crippen LogP contribution is 2.26. The van der Waals surface area contributed by atoms with Gasteiger partial charge in [-0.25, -0.2) is 0 Å². The van der Waals surface area contributed by atoms with E-state index in [2.05, 4.69) is 0 Å². The molecule has 0 aliphatic heterocycles. The summed E-state index contributed by atoms with van der Waals surface area (Å²) in [5, 5.41) is 8.81. The predicted octanol–water partition coefficient (Wildman–Crippen LogP) is 0.427. The molecule has 1 saturated carbocycles. The summed E-state index contributed by atoms with van der Waals surface area (Å²) in [6, 6.07) is 3.09. The molecule has 2 amide bonds. The summed E-state index contributed by atoms with van der Waals surface area (Å²) >= 11 is 0. The summed E-state index contributed by atoms with van der Waals surface area (Å²) in [4.78, 5) is 37.3. The molecule has 0 unspecified atom stereocenters. The van der Waals surface area contributed by atoms with Gasteiger partial charge in [0.1, 0.15) is 6.54 Å². The van der Waals surface area contributed by atoms with Crippen LogP contribution in [0.5, 0.6) is 0 Å². The quantitative estimate of drug-likeness (QED) is 0.815. The van der Waals surface area contributed by atoms with E-state index in [0.717, 1.165) is 12.8 Å². The van der Waals surface area contributed by atoms with Gasteiger partial charge in [0.05, 0.1) is 12.8 Å². The molecule has 1 aromatic rings. The summed E-state index contributed by atoms with van der Waals surface area (Å²) in [5.41, 5.74) is 0. The van der Waals surface area contributed by atoms with Crippen molar-refractivity contribution in [2.75, 3.05) is 20.1 Å². The van der Waals surface area contributed by atoms with E-state index in [9.17, 15) is 14.4 Å². The second-order valence-electron chi connectivity index (χ2n) is 4.79. The molecule has 7 nitrogen and oxygen atoms in total. The number of carbonyl (C=O) groups excluding carboxylic acids is 2. The van der Waals surface area contributed by atoms with Crippen molar-refractivity contribution in [3.63, 3.8) is 0 Å². The maximum Gasteiger partial charge on any atom is 0.323 e. The highest BCUT2D eigenvalue weighted by Gasteiger charge is 2.34. The molecule has 0 aromatic carbocycles. The van der Waals surface area contributed by atoms with Crippen molar-refractivity contribution in [2.45, 2.75) is 18.9 Å². The number of carboxylic acid groups (broad SMARTS) is 1. The number of amides is 2. The Morgan fingerprint density at radius 2 is 2.05 bits per heavy atom. The zero-order valence-electron chi connectivity index (χ0n) is 11.1. The fraction of sp³-hybridized carbons (Fsp3) is 0.462. The lowest BCUT2D eigenvalue weighted by Gasteiger charge is -2.23. The van der Waals surface area contributed by atoms with Crippen LogP contribution in [0.15, 0.2) is 22.8 Å². The minimum Gasteiger partial charge on any atom is -0.480 e. The van der Waals surface area contributed by atoms with Gasteiger partial charge in [-0.2, -0.15) is 0 Å². The van der Waals surface area contributed by atoms with E-state index in [-0.39, 0.29) is 30.8 Å². The Labute approximate surface area is 115 Å². The third-order valence-electron chi connectivity index (χ3n) is 3.06. The molecular formula is C13H16N2O5. The number of furan rings is 1. The number of aliphatic carboxylic acids is 1. The van der Waals surface area contributed by atoms with Crippen molar-refractivity contribution in [3.05, 3.63) is 24.2 Å². The van der Waals surface area contributed by atoms with Crippen LogP contribution < -0.4 is 0 Å². The lowest BCUT2D eigenvalue weighted by molar-refractivity contribution is -0.145.